The summed E-state index contributed by atoms with van der Waals surface area (Å²) in [6.07, 6.45) is -0.393. The number of hydrogen-bond acceptors (Lipinski definition) is 4. The van der Waals surface area contributed by atoms with Crippen LogP contribution < -0.4 is 5.73 Å². The number of aliphatic hydroxyl groups is 2. The molecule has 1 aliphatic heterocycles. The number of halogens is 1. The van der Waals surface area contributed by atoms with E-state index in [9.17, 15) is 4.39 Å². The molecule has 0 saturated carbocycles. The van der Waals surface area contributed by atoms with Gasteiger partial charge in [-0.15, -0.1) is 0 Å². The molecule has 1 heterocycles. The molecule has 0 aromatic rings. The van der Waals surface area contributed by atoms with Gasteiger partial charge in [0.05, 0.1) is 19.6 Å². The van der Waals surface area contributed by atoms with Crippen LogP contribution in [0.25, 0.3) is 0 Å². The van der Waals surface area contributed by atoms with Crippen LogP contribution >= 0.6 is 0 Å². The number of hydrogen-bond donors (Lipinski definition) is 3. The van der Waals surface area contributed by atoms with E-state index in [0.717, 1.165) is 0 Å². The summed E-state index contributed by atoms with van der Waals surface area (Å²) in [6.45, 7) is -0.568. The number of ether oxygens (including phenoxy) is 1. The fraction of sp³-hybridized carbons (Fsp3) is 0.833. The summed E-state index contributed by atoms with van der Waals surface area (Å²) >= 11 is 0. The van der Waals surface area contributed by atoms with E-state index < -0.39 is 24.6 Å². The fourth-order valence-corrected chi connectivity index (χ4v) is 0.878. The van der Waals surface area contributed by atoms with Gasteiger partial charge < -0.3 is 14.9 Å². The molecule has 4 nitrogen and oxygen atoms in total. The van der Waals surface area contributed by atoms with E-state index in [-0.39, 0.29) is 6.61 Å². The fourth-order valence-electron chi connectivity index (χ4n) is 0.878. The highest BCUT2D eigenvalue weighted by molar-refractivity contribution is 5.01. The van der Waals surface area contributed by atoms with Crippen LogP contribution in [-0.2, 0) is 4.74 Å². The zero-order chi connectivity index (χ0) is 8.48. The van der Waals surface area contributed by atoms with Crippen LogP contribution in [0.4, 0.5) is 4.39 Å². The number of nitrogens with two attached hydrogens (primary N) is 1. The van der Waals surface area contributed by atoms with Crippen molar-refractivity contribution >= 4 is 0 Å². The Morgan fingerprint density at radius 1 is 1.82 bits per heavy atom. The summed E-state index contributed by atoms with van der Waals surface area (Å²) in [6, 6.07) is 0. The van der Waals surface area contributed by atoms with Crippen molar-refractivity contribution in [3.05, 3.63) is 6.42 Å². The van der Waals surface area contributed by atoms with Crippen molar-refractivity contribution in [1.82, 2.24) is 0 Å². The van der Waals surface area contributed by atoms with E-state index in [0.29, 0.717) is 0 Å². The molecule has 1 saturated heterocycles. The van der Waals surface area contributed by atoms with Crippen molar-refractivity contribution in [2.24, 2.45) is 5.73 Å². The maximum Gasteiger partial charge on any atom is 0.197 e. The lowest BCUT2D eigenvalue weighted by molar-refractivity contribution is -0.140. The molecule has 64 valence electrons. The van der Waals surface area contributed by atoms with E-state index >= 15 is 0 Å². The molecule has 2 radical (unpaired) electrons. The molecule has 0 amide bonds. The molecule has 11 heavy (non-hydrogen) atoms. The van der Waals surface area contributed by atoms with E-state index in [2.05, 4.69) is 6.42 Å². The Balaban J connectivity index is 2.60. The van der Waals surface area contributed by atoms with Crippen LogP contribution in [0, 0.1) is 6.42 Å². The zero-order valence-corrected chi connectivity index (χ0v) is 5.83. The monoisotopic (exact) mass is 163 g/mol. The third kappa shape index (κ3) is 1.67. The van der Waals surface area contributed by atoms with E-state index in [1.165, 1.54) is 0 Å². The molecule has 1 rings (SSSR count). The second kappa shape index (κ2) is 3.02. The van der Waals surface area contributed by atoms with Crippen molar-refractivity contribution in [2.75, 3.05) is 13.2 Å². The van der Waals surface area contributed by atoms with Crippen LogP contribution in [0.5, 0.6) is 0 Å². The Morgan fingerprint density at radius 2 is 2.45 bits per heavy atom. The van der Waals surface area contributed by atoms with Crippen LogP contribution in [0.3, 0.4) is 0 Å². The minimum atomic E-state index is -2.37. The smallest absolute Gasteiger partial charge is 0.197 e. The number of rotatable bonds is 1. The predicted octanol–water partition coefficient (Wildman–Crippen LogP) is -1.56. The quantitative estimate of drug-likeness (QED) is 0.409. The van der Waals surface area contributed by atoms with Gasteiger partial charge in [-0.2, -0.15) is 0 Å². The summed E-state index contributed by atoms with van der Waals surface area (Å²) in [5, 5.41) is 17.6. The Bertz CT molecular complexity index is 142. The minimum absolute atomic E-state index is 0.116. The summed E-state index contributed by atoms with van der Waals surface area (Å²) in [5.74, 6) is -2.37. The largest absolute Gasteiger partial charge is 0.394 e. The van der Waals surface area contributed by atoms with E-state index in [4.69, 9.17) is 20.7 Å². The zero-order valence-electron chi connectivity index (χ0n) is 5.83. The first-order valence-electron chi connectivity index (χ1n) is 3.21. The molecule has 5 heteroatoms. The lowest BCUT2D eigenvalue weighted by Crippen LogP contribution is -2.58. The Morgan fingerprint density at radius 3 is 2.91 bits per heavy atom. The Kier molecular flexibility index (Phi) is 2.43. The van der Waals surface area contributed by atoms with E-state index in [1.54, 1.807) is 0 Å². The minimum Gasteiger partial charge on any atom is -0.394 e. The SMILES string of the molecule is N[C@]1(F)[C]COC(CO)[C@H]1O. The first-order chi connectivity index (χ1) is 5.08. The average molecular weight is 163 g/mol. The molecule has 0 aliphatic carbocycles. The predicted molar refractivity (Wildman–Crippen MR) is 34.1 cm³/mol. The molecule has 4 N–H and O–H groups in total. The molecule has 1 fully saturated rings. The number of alkyl halides is 1. The van der Waals surface area contributed by atoms with Crippen LogP contribution in [0.15, 0.2) is 0 Å². The van der Waals surface area contributed by atoms with Crippen LogP contribution in [0.2, 0.25) is 0 Å². The van der Waals surface area contributed by atoms with Gasteiger partial charge in [-0.05, 0) is 0 Å². The first-order valence-corrected chi connectivity index (χ1v) is 3.21. The van der Waals surface area contributed by atoms with Crippen molar-refractivity contribution < 1.29 is 19.3 Å². The molecule has 0 bridgehead atoms. The number of aliphatic hydroxyl groups excluding tert-OH is 2. The molecule has 0 aromatic carbocycles. The molecular formula is C6H10FNO3. The van der Waals surface area contributed by atoms with Gasteiger partial charge in [-0.1, -0.05) is 0 Å². The summed E-state index contributed by atoms with van der Waals surface area (Å²) < 4.78 is 17.7. The summed E-state index contributed by atoms with van der Waals surface area (Å²) in [7, 11) is 0. The van der Waals surface area contributed by atoms with Crippen LogP contribution in [-0.4, -0.2) is 41.4 Å². The highest BCUT2D eigenvalue weighted by Crippen LogP contribution is 2.22. The topological polar surface area (TPSA) is 75.7 Å². The van der Waals surface area contributed by atoms with E-state index in [1.807, 2.05) is 0 Å². The molecule has 1 aliphatic rings. The molecule has 0 spiro atoms. The maximum absolute atomic E-state index is 12.9. The van der Waals surface area contributed by atoms with Gasteiger partial charge in [-0.25, -0.2) is 4.39 Å². The van der Waals surface area contributed by atoms with Crippen molar-refractivity contribution in [2.45, 2.75) is 18.0 Å². The average Bonchev–Trinajstić information content (AvgIpc) is 1.95. The van der Waals surface area contributed by atoms with Crippen LogP contribution in [0.1, 0.15) is 0 Å². The maximum atomic E-state index is 12.9. The van der Waals surface area contributed by atoms with Crippen molar-refractivity contribution in [3.63, 3.8) is 0 Å². The van der Waals surface area contributed by atoms with Gasteiger partial charge in [0.2, 0.25) is 0 Å². The standard InChI is InChI=1S/C6H10FNO3/c7-6(8)1-2-11-4(3-9)5(6)10/h4-5,9-10H,2-3,8H2/t4?,5-,6-/m1/s1. The summed E-state index contributed by atoms with van der Waals surface area (Å²) in [5.41, 5.74) is 4.97. The summed E-state index contributed by atoms with van der Waals surface area (Å²) in [4.78, 5) is 0. The lowest BCUT2D eigenvalue weighted by Gasteiger charge is -2.35. The highest BCUT2D eigenvalue weighted by atomic mass is 19.1. The van der Waals surface area contributed by atoms with Crippen molar-refractivity contribution in [3.8, 4) is 0 Å². The molecule has 0 aromatic heterocycles. The van der Waals surface area contributed by atoms with Gasteiger partial charge in [0.15, 0.2) is 5.79 Å². The lowest BCUT2D eigenvalue weighted by atomic mass is 9.98. The molecular weight excluding hydrogens is 153 g/mol. The van der Waals surface area contributed by atoms with Gasteiger partial charge >= 0.3 is 0 Å². The second-order valence-electron chi connectivity index (χ2n) is 2.42. The first kappa shape index (κ1) is 8.86. The molecule has 1 unspecified atom stereocenters. The molecule has 3 atom stereocenters. The van der Waals surface area contributed by atoms with Crippen molar-refractivity contribution in [1.29, 1.82) is 0 Å². The second-order valence-corrected chi connectivity index (χ2v) is 2.42. The normalized spacial score (nSPS) is 45.8. The van der Waals surface area contributed by atoms with Gasteiger partial charge in [-0.3, -0.25) is 5.73 Å². The Labute approximate surface area is 63.8 Å². The van der Waals surface area contributed by atoms with Gasteiger partial charge in [0.25, 0.3) is 0 Å². The van der Waals surface area contributed by atoms with Gasteiger partial charge in [0.1, 0.15) is 12.2 Å². The highest BCUT2D eigenvalue weighted by Gasteiger charge is 2.43. The van der Waals surface area contributed by atoms with Gasteiger partial charge in [0, 0.05) is 0 Å². The third-order valence-electron chi connectivity index (χ3n) is 1.60. The third-order valence-corrected chi connectivity index (χ3v) is 1.60. The Hall–Kier alpha value is -0.230.